The second-order valence-corrected chi connectivity index (χ2v) is 7.77. The standard InChI is InChI=1S/C16H31N3O/c1-16(2,3)10-14(11-17)15(20)19-8-6-18(7-9-19)12-13-4-5-13/h13-14H,4-12,17H2,1-3H3. The molecule has 1 saturated carbocycles. The molecule has 1 heterocycles. The van der Waals surface area contributed by atoms with Gasteiger partial charge in [-0.1, -0.05) is 20.8 Å². The Hall–Kier alpha value is -0.610. The highest BCUT2D eigenvalue weighted by Crippen LogP contribution is 2.30. The molecule has 0 radical (unpaired) electrons. The number of hydrogen-bond donors (Lipinski definition) is 1. The average molecular weight is 281 g/mol. The van der Waals surface area contributed by atoms with E-state index in [1.165, 1.54) is 19.4 Å². The van der Waals surface area contributed by atoms with Crippen molar-refractivity contribution in [1.29, 1.82) is 0 Å². The van der Waals surface area contributed by atoms with E-state index in [1.807, 2.05) is 4.90 Å². The fourth-order valence-corrected chi connectivity index (χ4v) is 3.09. The Morgan fingerprint density at radius 2 is 1.80 bits per heavy atom. The minimum Gasteiger partial charge on any atom is -0.340 e. The molecule has 1 saturated heterocycles. The molecule has 1 amide bonds. The lowest BCUT2D eigenvalue weighted by Crippen LogP contribution is -2.51. The summed E-state index contributed by atoms with van der Waals surface area (Å²) in [4.78, 5) is 17.1. The highest BCUT2D eigenvalue weighted by atomic mass is 16.2. The maximum atomic E-state index is 12.6. The molecule has 20 heavy (non-hydrogen) atoms. The summed E-state index contributed by atoms with van der Waals surface area (Å²) in [5.74, 6) is 1.20. The Morgan fingerprint density at radius 3 is 2.25 bits per heavy atom. The first-order valence-corrected chi connectivity index (χ1v) is 8.10. The number of nitrogens with two attached hydrogens (primary N) is 1. The van der Waals surface area contributed by atoms with Crippen LogP contribution >= 0.6 is 0 Å². The lowest BCUT2D eigenvalue weighted by atomic mass is 9.84. The first kappa shape index (κ1) is 15.8. The molecule has 0 bridgehead atoms. The highest BCUT2D eigenvalue weighted by molar-refractivity contribution is 5.79. The van der Waals surface area contributed by atoms with Gasteiger partial charge < -0.3 is 10.6 Å². The largest absolute Gasteiger partial charge is 0.340 e. The van der Waals surface area contributed by atoms with Gasteiger partial charge in [-0.25, -0.2) is 0 Å². The fourth-order valence-electron chi connectivity index (χ4n) is 3.09. The molecule has 0 aromatic rings. The van der Waals surface area contributed by atoms with Crippen molar-refractivity contribution in [2.24, 2.45) is 23.0 Å². The molecule has 0 aromatic carbocycles. The van der Waals surface area contributed by atoms with Crippen LogP contribution in [0.4, 0.5) is 0 Å². The quantitative estimate of drug-likeness (QED) is 0.832. The van der Waals surface area contributed by atoms with E-state index in [0.29, 0.717) is 6.54 Å². The van der Waals surface area contributed by atoms with Crippen molar-refractivity contribution in [2.75, 3.05) is 39.3 Å². The fraction of sp³-hybridized carbons (Fsp3) is 0.938. The molecule has 1 aliphatic heterocycles. The first-order valence-electron chi connectivity index (χ1n) is 8.10. The van der Waals surface area contributed by atoms with E-state index in [2.05, 4.69) is 25.7 Å². The molecule has 2 rings (SSSR count). The van der Waals surface area contributed by atoms with Crippen LogP contribution in [0.1, 0.15) is 40.0 Å². The lowest BCUT2D eigenvalue weighted by Gasteiger charge is -2.37. The van der Waals surface area contributed by atoms with Crippen molar-refractivity contribution in [3.05, 3.63) is 0 Å². The van der Waals surface area contributed by atoms with Gasteiger partial charge in [-0.05, 0) is 30.6 Å². The highest BCUT2D eigenvalue weighted by Gasteiger charge is 2.31. The first-order chi connectivity index (χ1) is 9.39. The Morgan fingerprint density at radius 1 is 1.20 bits per heavy atom. The van der Waals surface area contributed by atoms with Gasteiger partial charge in [-0.3, -0.25) is 9.69 Å². The van der Waals surface area contributed by atoms with E-state index in [4.69, 9.17) is 5.73 Å². The van der Waals surface area contributed by atoms with Crippen LogP contribution in [0.15, 0.2) is 0 Å². The number of hydrogen-bond acceptors (Lipinski definition) is 3. The molecule has 1 atom stereocenters. The zero-order valence-corrected chi connectivity index (χ0v) is 13.4. The lowest BCUT2D eigenvalue weighted by molar-refractivity contribution is -0.138. The minimum absolute atomic E-state index is 0.00928. The van der Waals surface area contributed by atoms with Crippen molar-refractivity contribution >= 4 is 5.91 Å². The number of piperazine rings is 1. The van der Waals surface area contributed by atoms with Crippen molar-refractivity contribution in [3.8, 4) is 0 Å². The van der Waals surface area contributed by atoms with E-state index in [-0.39, 0.29) is 17.2 Å². The van der Waals surface area contributed by atoms with E-state index < -0.39 is 0 Å². The maximum absolute atomic E-state index is 12.6. The third kappa shape index (κ3) is 4.74. The molecule has 1 aliphatic carbocycles. The van der Waals surface area contributed by atoms with Gasteiger partial charge in [0.25, 0.3) is 0 Å². The molecule has 1 unspecified atom stereocenters. The van der Waals surface area contributed by atoms with E-state index in [1.54, 1.807) is 0 Å². The summed E-state index contributed by atoms with van der Waals surface area (Å²) in [6.07, 6.45) is 3.69. The van der Waals surface area contributed by atoms with Crippen LogP contribution in [0.5, 0.6) is 0 Å². The minimum atomic E-state index is -0.00928. The molecular weight excluding hydrogens is 250 g/mol. The summed E-state index contributed by atoms with van der Waals surface area (Å²) in [6.45, 7) is 12.1. The van der Waals surface area contributed by atoms with Crippen LogP contribution in [-0.4, -0.2) is 55.0 Å². The predicted molar refractivity (Wildman–Crippen MR) is 82.4 cm³/mol. The van der Waals surface area contributed by atoms with Crippen molar-refractivity contribution in [1.82, 2.24) is 9.80 Å². The number of rotatable bonds is 5. The van der Waals surface area contributed by atoms with E-state index >= 15 is 0 Å². The smallest absolute Gasteiger partial charge is 0.227 e. The van der Waals surface area contributed by atoms with Gasteiger partial charge in [0.2, 0.25) is 5.91 Å². The van der Waals surface area contributed by atoms with Crippen LogP contribution in [0, 0.1) is 17.3 Å². The molecule has 4 nitrogen and oxygen atoms in total. The number of carbonyl (C=O) groups is 1. The van der Waals surface area contributed by atoms with Gasteiger partial charge in [0, 0.05) is 39.3 Å². The van der Waals surface area contributed by atoms with Crippen LogP contribution < -0.4 is 5.73 Å². The molecule has 2 N–H and O–H groups in total. The molecule has 4 heteroatoms. The summed E-state index contributed by atoms with van der Waals surface area (Å²) in [5.41, 5.74) is 5.99. The van der Waals surface area contributed by atoms with Gasteiger partial charge >= 0.3 is 0 Å². The van der Waals surface area contributed by atoms with Gasteiger partial charge in [-0.2, -0.15) is 0 Å². The molecule has 0 aromatic heterocycles. The van der Waals surface area contributed by atoms with Crippen LogP contribution in [-0.2, 0) is 4.79 Å². The summed E-state index contributed by atoms with van der Waals surface area (Å²) in [5, 5.41) is 0. The normalized spacial score (nSPS) is 22.9. The third-order valence-electron chi connectivity index (χ3n) is 4.39. The summed E-state index contributed by atoms with van der Waals surface area (Å²) in [7, 11) is 0. The van der Waals surface area contributed by atoms with Gasteiger partial charge in [0.1, 0.15) is 0 Å². The SMILES string of the molecule is CC(C)(C)CC(CN)C(=O)N1CCN(CC2CC2)CC1. The van der Waals surface area contributed by atoms with Gasteiger partial charge in [0.15, 0.2) is 0 Å². The third-order valence-corrected chi connectivity index (χ3v) is 4.39. The van der Waals surface area contributed by atoms with Gasteiger partial charge in [0.05, 0.1) is 5.92 Å². The molecule has 2 aliphatic rings. The number of carbonyl (C=O) groups excluding carboxylic acids is 1. The average Bonchev–Trinajstić information content (AvgIpc) is 3.19. The predicted octanol–water partition coefficient (Wildman–Crippen LogP) is 1.55. The van der Waals surface area contributed by atoms with Crippen molar-refractivity contribution in [2.45, 2.75) is 40.0 Å². The monoisotopic (exact) mass is 281 g/mol. The summed E-state index contributed by atoms with van der Waals surface area (Å²) in [6, 6.07) is 0. The van der Waals surface area contributed by atoms with E-state index in [9.17, 15) is 4.79 Å². The zero-order chi connectivity index (χ0) is 14.8. The van der Waals surface area contributed by atoms with Crippen molar-refractivity contribution < 1.29 is 4.79 Å². The summed E-state index contributed by atoms with van der Waals surface area (Å²) >= 11 is 0. The van der Waals surface area contributed by atoms with Crippen LogP contribution in [0.2, 0.25) is 0 Å². The topological polar surface area (TPSA) is 49.6 Å². The molecule has 2 fully saturated rings. The second-order valence-electron chi connectivity index (χ2n) is 7.77. The van der Waals surface area contributed by atoms with Crippen LogP contribution in [0.25, 0.3) is 0 Å². The molecule has 0 spiro atoms. The zero-order valence-electron chi connectivity index (χ0n) is 13.4. The Bertz CT molecular complexity index is 325. The summed E-state index contributed by atoms with van der Waals surface area (Å²) < 4.78 is 0. The Kier molecular flexibility index (Phi) is 5.08. The van der Waals surface area contributed by atoms with Gasteiger partial charge in [-0.15, -0.1) is 0 Å². The Labute approximate surface area is 123 Å². The number of nitrogens with zero attached hydrogens (tertiary/aromatic N) is 2. The van der Waals surface area contributed by atoms with Crippen molar-refractivity contribution in [3.63, 3.8) is 0 Å². The molecule has 116 valence electrons. The second kappa shape index (κ2) is 6.44. The Balaban J connectivity index is 1.79. The van der Waals surface area contributed by atoms with Crippen LogP contribution in [0.3, 0.4) is 0 Å². The van der Waals surface area contributed by atoms with E-state index in [0.717, 1.165) is 38.5 Å². The molecular formula is C16H31N3O. The maximum Gasteiger partial charge on any atom is 0.227 e. The number of amides is 1.